The van der Waals surface area contributed by atoms with E-state index in [0.29, 0.717) is 10.6 Å². The fraction of sp³-hybridized carbons (Fsp3) is 0.250. The van der Waals surface area contributed by atoms with Crippen LogP contribution in [0.2, 0.25) is 5.02 Å². The lowest BCUT2D eigenvalue weighted by atomic mass is 9.85. The van der Waals surface area contributed by atoms with Crippen molar-refractivity contribution in [3.8, 4) is 0 Å². The van der Waals surface area contributed by atoms with Crippen LogP contribution < -0.4 is 11.3 Å². The Hall–Kier alpha value is -1.42. The van der Waals surface area contributed by atoms with Crippen LogP contribution in [0.3, 0.4) is 0 Å². The third kappa shape index (κ3) is 3.18. The third-order valence-electron chi connectivity index (χ3n) is 3.55. The maximum atomic E-state index is 14.1. The molecule has 0 bridgehead atoms. The van der Waals surface area contributed by atoms with E-state index in [0.717, 1.165) is 12.0 Å². The van der Waals surface area contributed by atoms with Crippen LogP contribution in [0.4, 0.5) is 4.39 Å². The molecule has 3 N–H and O–H groups in total. The predicted octanol–water partition coefficient (Wildman–Crippen LogP) is 4.18. The van der Waals surface area contributed by atoms with Crippen molar-refractivity contribution in [1.82, 2.24) is 5.43 Å². The molecule has 4 heteroatoms. The molecular formula is C16H18ClFN2. The van der Waals surface area contributed by atoms with Crippen molar-refractivity contribution < 1.29 is 4.39 Å². The van der Waals surface area contributed by atoms with Gasteiger partial charge < -0.3 is 0 Å². The Morgan fingerprint density at radius 3 is 2.45 bits per heavy atom. The van der Waals surface area contributed by atoms with E-state index >= 15 is 0 Å². The highest BCUT2D eigenvalue weighted by Crippen LogP contribution is 2.34. The van der Waals surface area contributed by atoms with Gasteiger partial charge in [-0.1, -0.05) is 54.9 Å². The van der Waals surface area contributed by atoms with Gasteiger partial charge in [-0.2, -0.15) is 0 Å². The predicted molar refractivity (Wildman–Crippen MR) is 80.9 cm³/mol. The number of hydrazine groups is 1. The fourth-order valence-corrected chi connectivity index (χ4v) is 2.70. The van der Waals surface area contributed by atoms with Gasteiger partial charge in [0.25, 0.3) is 0 Å². The summed E-state index contributed by atoms with van der Waals surface area (Å²) in [5, 5.41) is 0.384. The average molecular weight is 293 g/mol. The molecule has 2 atom stereocenters. The van der Waals surface area contributed by atoms with Crippen molar-refractivity contribution in [2.75, 3.05) is 0 Å². The number of nitrogens with one attached hydrogen (secondary N) is 1. The zero-order valence-electron chi connectivity index (χ0n) is 11.3. The first-order valence-electron chi connectivity index (χ1n) is 6.63. The van der Waals surface area contributed by atoms with Crippen LogP contribution in [0.5, 0.6) is 0 Å². The lowest BCUT2D eigenvalue weighted by Gasteiger charge is -2.27. The molecule has 20 heavy (non-hydrogen) atoms. The van der Waals surface area contributed by atoms with Gasteiger partial charge in [-0.15, -0.1) is 0 Å². The van der Waals surface area contributed by atoms with Crippen molar-refractivity contribution in [3.63, 3.8) is 0 Å². The summed E-state index contributed by atoms with van der Waals surface area (Å²) >= 11 is 5.80. The van der Waals surface area contributed by atoms with Gasteiger partial charge in [0.15, 0.2) is 0 Å². The van der Waals surface area contributed by atoms with Gasteiger partial charge in [0.2, 0.25) is 0 Å². The first-order chi connectivity index (χ1) is 9.67. The van der Waals surface area contributed by atoms with Crippen molar-refractivity contribution >= 4 is 11.6 Å². The highest BCUT2D eigenvalue weighted by Gasteiger charge is 2.24. The normalized spacial score (nSPS) is 14.0. The number of hydrogen-bond acceptors (Lipinski definition) is 2. The maximum absolute atomic E-state index is 14.1. The molecule has 0 aliphatic carbocycles. The first kappa shape index (κ1) is 15.0. The molecule has 0 aromatic heterocycles. The van der Waals surface area contributed by atoms with Crippen LogP contribution in [0.1, 0.15) is 36.4 Å². The molecular weight excluding hydrogens is 275 g/mol. The minimum Gasteiger partial charge on any atom is -0.271 e. The Morgan fingerprint density at radius 2 is 1.90 bits per heavy atom. The highest BCUT2D eigenvalue weighted by molar-refractivity contribution is 6.30. The molecule has 0 saturated heterocycles. The van der Waals surface area contributed by atoms with Crippen LogP contribution in [0, 0.1) is 5.82 Å². The maximum Gasteiger partial charge on any atom is 0.129 e. The van der Waals surface area contributed by atoms with Crippen molar-refractivity contribution in [2.24, 2.45) is 5.84 Å². The van der Waals surface area contributed by atoms with E-state index in [1.54, 1.807) is 12.1 Å². The lowest BCUT2D eigenvalue weighted by Crippen LogP contribution is -2.33. The van der Waals surface area contributed by atoms with Crippen LogP contribution in [0.25, 0.3) is 0 Å². The zero-order chi connectivity index (χ0) is 14.5. The summed E-state index contributed by atoms with van der Waals surface area (Å²) in [7, 11) is 0. The van der Waals surface area contributed by atoms with E-state index in [4.69, 9.17) is 17.4 Å². The molecule has 2 unspecified atom stereocenters. The van der Waals surface area contributed by atoms with E-state index in [2.05, 4.69) is 12.3 Å². The third-order valence-corrected chi connectivity index (χ3v) is 3.78. The minimum atomic E-state index is -0.338. The van der Waals surface area contributed by atoms with Gasteiger partial charge in [-0.25, -0.2) is 4.39 Å². The Kier molecular flexibility index (Phi) is 5.12. The molecule has 0 amide bonds. The molecule has 0 radical (unpaired) electrons. The Labute approximate surface area is 123 Å². The number of rotatable bonds is 5. The molecule has 2 aromatic carbocycles. The highest BCUT2D eigenvalue weighted by atomic mass is 35.5. The van der Waals surface area contributed by atoms with E-state index in [9.17, 15) is 4.39 Å². The monoisotopic (exact) mass is 292 g/mol. The molecule has 2 rings (SSSR count). The Balaban J connectivity index is 2.39. The molecule has 0 aliphatic rings. The summed E-state index contributed by atoms with van der Waals surface area (Å²) in [5.41, 5.74) is 4.41. The standard InChI is InChI=1S/C16H18ClFN2/c1-2-13(11-6-4-3-5-7-11)16(20-19)14-9-8-12(17)10-15(14)18/h3-10,13,16,20H,2,19H2,1H3. The van der Waals surface area contributed by atoms with E-state index < -0.39 is 0 Å². The fourth-order valence-electron chi connectivity index (χ4n) is 2.54. The molecule has 0 fully saturated rings. The van der Waals surface area contributed by atoms with Crippen molar-refractivity contribution in [3.05, 3.63) is 70.5 Å². The average Bonchev–Trinajstić information content (AvgIpc) is 2.46. The molecule has 0 aliphatic heterocycles. The zero-order valence-corrected chi connectivity index (χ0v) is 12.1. The van der Waals surface area contributed by atoms with Crippen LogP contribution in [0.15, 0.2) is 48.5 Å². The molecule has 106 valence electrons. The number of halogens is 2. The Bertz CT molecular complexity index is 560. The molecule has 0 saturated carbocycles. The number of nitrogens with two attached hydrogens (primary N) is 1. The topological polar surface area (TPSA) is 38.0 Å². The van der Waals surface area contributed by atoms with Gasteiger partial charge >= 0.3 is 0 Å². The van der Waals surface area contributed by atoms with E-state index in [-0.39, 0.29) is 17.8 Å². The molecule has 0 heterocycles. The summed E-state index contributed by atoms with van der Waals surface area (Å²) in [6.07, 6.45) is 0.848. The second kappa shape index (κ2) is 6.84. The summed E-state index contributed by atoms with van der Waals surface area (Å²) in [6, 6.07) is 14.4. The second-order valence-corrected chi connectivity index (χ2v) is 5.17. The van der Waals surface area contributed by atoms with E-state index in [1.807, 2.05) is 30.3 Å². The molecule has 0 spiro atoms. The van der Waals surface area contributed by atoms with Gasteiger partial charge in [-0.3, -0.25) is 11.3 Å². The summed E-state index contributed by atoms with van der Waals surface area (Å²) in [6.45, 7) is 2.07. The van der Waals surface area contributed by atoms with Gasteiger partial charge in [0.05, 0.1) is 6.04 Å². The summed E-state index contributed by atoms with van der Waals surface area (Å²) in [5.74, 6) is 5.43. The number of benzene rings is 2. The SMILES string of the molecule is CCC(c1ccccc1)C(NN)c1ccc(Cl)cc1F. The van der Waals surface area contributed by atoms with E-state index in [1.165, 1.54) is 6.07 Å². The summed E-state index contributed by atoms with van der Waals surface area (Å²) in [4.78, 5) is 0. The largest absolute Gasteiger partial charge is 0.271 e. The molecule has 2 nitrogen and oxygen atoms in total. The summed E-state index contributed by atoms with van der Waals surface area (Å²) < 4.78 is 14.1. The van der Waals surface area contributed by atoms with Gasteiger partial charge in [0.1, 0.15) is 5.82 Å². The minimum absolute atomic E-state index is 0.0943. The van der Waals surface area contributed by atoms with Crippen LogP contribution in [-0.4, -0.2) is 0 Å². The lowest BCUT2D eigenvalue weighted by molar-refractivity contribution is 0.427. The number of hydrogen-bond donors (Lipinski definition) is 2. The Morgan fingerprint density at radius 1 is 1.20 bits per heavy atom. The smallest absolute Gasteiger partial charge is 0.129 e. The van der Waals surface area contributed by atoms with Gasteiger partial charge in [-0.05, 0) is 24.1 Å². The van der Waals surface area contributed by atoms with Crippen LogP contribution in [-0.2, 0) is 0 Å². The van der Waals surface area contributed by atoms with Crippen LogP contribution >= 0.6 is 11.6 Å². The van der Waals surface area contributed by atoms with Crippen molar-refractivity contribution in [1.29, 1.82) is 0 Å². The van der Waals surface area contributed by atoms with Gasteiger partial charge in [0, 0.05) is 16.5 Å². The quantitative estimate of drug-likeness (QED) is 0.641. The first-order valence-corrected chi connectivity index (χ1v) is 7.01. The van der Waals surface area contributed by atoms with Crippen molar-refractivity contribution in [2.45, 2.75) is 25.3 Å². The second-order valence-electron chi connectivity index (χ2n) is 4.74. The molecule has 2 aromatic rings.